The number of piperidine rings is 1. The van der Waals surface area contributed by atoms with Crippen molar-refractivity contribution >= 4 is 5.91 Å². The van der Waals surface area contributed by atoms with Crippen LogP contribution in [-0.4, -0.2) is 37.5 Å². The molecule has 1 N–H and O–H groups in total. The van der Waals surface area contributed by atoms with E-state index in [0.29, 0.717) is 5.91 Å². The van der Waals surface area contributed by atoms with E-state index in [1.165, 1.54) is 49.7 Å². The number of hydrogen-bond donors (Lipinski definition) is 1. The Morgan fingerprint density at radius 2 is 1.72 bits per heavy atom. The van der Waals surface area contributed by atoms with Crippen LogP contribution in [0.1, 0.15) is 68.9 Å². The third-order valence-electron chi connectivity index (χ3n) is 8.88. The lowest BCUT2D eigenvalue weighted by Crippen LogP contribution is -2.60. The van der Waals surface area contributed by atoms with Crippen LogP contribution in [-0.2, 0) is 10.2 Å². The first kappa shape index (κ1) is 19.6. The molecule has 0 radical (unpaired) electrons. The molecule has 5 fully saturated rings. The Morgan fingerprint density at radius 3 is 2.34 bits per heavy atom. The highest BCUT2D eigenvalue weighted by molar-refractivity contribution is 5.83. The Labute approximate surface area is 176 Å². The molecule has 1 aromatic carbocycles. The Morgan fingerprint density at radius 1 is 1.07 bits per heavy atom. The molecule has 29 heavy (non-hydrogen) atoms. The number of aryl methyl sites for hydroxylation is 1. The summed E-state index contributed by atoms with van der Waals surface area (Å²) in [7, 11) is 2.04. The Hall–Kier alpha value is -1.35. The number of carbonyl (C=O) groups is 1. The summed E-state index contributed by atoms with van der Waals surface area (Å²) in [5, 5.41) is 3.28. The molecule has 4 saturated carbocycles. The topological polar surface area (TPSA) is 32.3 Å². The number of nitrogens with zero attached hydrogens (tertiary/aromatic N) is 1. The molecule has 1 amide bonds. The lowest BCUT2D eigenvalue weighted by Gasteiger charge is -2.62. The molecule has 3 nitrogen and oxygen atoms in total. The molecule has 3 heteroatoms. The molecule has 0 aromatic heterocycles. The first-order valence-corrected chi connectivity index (χ1v) is 12.0. The molecule has 4 aliphatic carbocycles. The van der Waals surface area contributed by atoms with Crippen LogP contribution in [0.2, 0.25) is 0 Å². The van der Waals surface area contributed by atoms with Crippen LogP contribution < -0.4 is 5.32 Å². The Balaban J connectivity index is 1.35. The number of benzene rings is 1. The predicted octanol–water partition coefficient (Wildman–Crippen LogP) is 4.68. The molecule has 2 unspecified atom stereocenters. The highest BCUT2D eigenvalue weighted by atomic mass is 16.2. The minimum Gasteiger partial charge on any atom is -0.342 e. The summed E-state index contributed by atoms with van der Waals surface area (Å²) < 4.78 is 0. The average molecular weight is 395 g/mol. The molecule has 158 valence electrons. The van der Waals surface area contributed by atoms with Crippen LogP contribution in [0.15, 0.2) is 24.3 Å². The standard InChI is InChI=1S/C26H38N2O/c1-19-3-5-23(6-4-19)25-14-21-13-22(15-25)17-26(16-21,18-25)24(29)28-11-8-20(9-12-28)7-10-27-2/h3-6,20-22,27H,7-18H2,1-2H3. The van der Waals surface area contributed by atoms with Crippen molar-refractivity contribution in [2.75, 3.05) is 26.7 Å². The van der Waals surface area contributed by atoms with Gasteiger partial charge in [-0.05, 0) is 107 Å². The summed E-state index contributed by atoms with van der Waals surface area (Å²) in [6.45, 7) is 5.25. The highest BCUT2D eigenvalue weighted by Gasteiger charge is 2.61. The van der Waals surface area contributed by atoms with E-state index in [2.05, 4.69) is 41.4 Å². The van der Waals surface area contributed by atoms with Crippen molar-refractivity contribution < 1.29 is 4.79 Å². The number of amides is 1. The van der Waals surface area contributed by atoms with Gasteiger partial charge in [-0.3, -0.25) is 4.79 Å². The summed E-state index contributed by atoms with van der Waals surface area (Å²) in [6.07, 6.45) is 11.1. The molecule has 6 rings (SSSR count). The van der Waals surface area contributed by atoms with Crippen molar-refractivity contribution in [2.24, 2.45) is 23.2 Å². The lowest BCUT2D eigenvalue weighted by atomic mass is 9.42. The van der Waals surface area contributed by atoms with Gasteiger partial charge in [-0.1, -0.05) is 29.8 Å². The van der Waals surface area contributed by atoms with Crippen LogP contribution >= 0.6 is 0 Å². The van der Waals surface area contributed by atoms with Gasteiger partial charge in [0, 0.05) is 13.1 Å². The van der Waals surface area contributed by atoms with E-state index in [-0.39, 0.29) is 10.8 Å². The van der Waals surface area contributed by atoms with Crippen LogP contribution in [0, 0.1) is 30.1 Å². The SMILES string of the molecule is CNCCC1CCN(C(=O)C23CC4CC(C2)CC(c2ccc(C)cc2)(C4)C3)CC1. The minimum absolute atomic E-state index is 0.0627. The van der Waals surface area contributed by atoms with Crippen molar-refractivity contribution in [1.29, 1.82) is 0 Å². The van der Waals surface area contributed by atoms with Gasteiger partial charge in [0.05, 0.1) is 5.41 Å². The summed E-state index contributed by atoms with van der Waals surface area (Å²) >= 11 is 0. The monoisotopic (exact) mass is 394 g/mol. The number of likely N-dealkylation sites (tertiary alicyclic amines) is 1. The van der Waals surface area contributed by atoms with E-state index in [1.54, 1.807) is 0 Å². The maximum atomic E-state index is 13.9. The minimum atomic E-state index is -0.0627. The van der Waals surface area contributed by atoms with Crippen molar-refractivity contribution in [1.82, 2.24) is 10.2 Å². The molecular formula is C26H38N2O. The fourth-order valence-corrected chi connectivity index (χ4v) is 7.87. The van der Waals surface area contributed by atoms with E-state index in [4.69, 9.17) is 0 Å². The maximum absolute atomic E-state index is 13.9. The first-order valence-electron chi connectivity index (χ1n) is 12.0. The molecule has 2 atom stereocenters. The van der Waals surface area contributed by atoms with Gasteiger partial charge in [-0.15, -0.1) is 0 Å². The second-order valence-corrected chi connectivity index (χ2v) is 11.0. The van der Waals surface area contributed by atoms with Gasteiger partial charge in [0.2, 0.25) is 5.91 Å². The van der Waals surface area contributed by atoms with Gasteiger partial charge in [-0.2, -0.15) is 0 Å². The van der Waals surface area contributed by atoms with E-state index >= 15 is 0 Å². The van der Waals surface area contributed by atoms with Gasteiger partial charge < -0.3 is 10.2 Å². The summed E-state index contributed by atoms with van der Waals surface area (Å²) in [6, 6.07) is 9.29. The number of rotatable bonds is 5. The molecule has 1 aliphatic heterocycles. The summed E-state index contributed by atoms with van der Waals surface area (Å²) in [5.74, 6) is 2.83. The Bertz CT molecular complexity index is 732. The molecule has 1 aromatic rings. The zero-order chi connectivity index (χ0) is 20.1. The maximum Gasteiger partial charge on any atom is 0.228 e. The smallest absolute Gasteiger partial charge is 0.228 e. The van der Waals surface area contributed by atoms with E-state index < -0.39 is 0 Å². The normalized spacial score (nSPS) is 36.6. The van der Waals surface area contributed by atoms with Crippen LogP contribution in [0.3, 0.4) is 0 Å². The fourth-order valence-electron chi connectivity index (χ4n) is 7.87. The zero-order valence-electron chi connectivity index (χ0n) is 18.4. The van der Waals surface area contributed by atoms with Crippen molar-refractivity contribution in [3.63, 3.8) is 0 Å². The van der Waals surface area contributed by atoms with Gasteiger partial charge in [0.1, 0.15) is 0 Å². The number of hydrogen-bond acceptors (Lipinski definition) is 2. The molecule has 5 aliphatic rings. The van der Waals surface area contributed by atoms with E-state index in [9.17, 15) is 4.79 Å². The third-order valence-corrected chi connectivity index (χ3v) is 8.88. The van der Waals surface area contributed by atoms with Gasteiger partial charge >= 0.3 is 0 Å². The largest absolute Gasteiger partial charge is 0.342 e. The number of nitrogens with one attached hydrogen (secondary N) is 1. The highest BCUT2D eigenvalue weighted by Crippen LogP contribution is 2.66. The van der Waals surface area contributed by atoms with Crippen molar-refractivity contribution in [2.45, 2.75) is 70.1 Å². The van der Waals surface area contributed by atoms with Crippen molar-refractivity contribution in [3.05, 3.63) is 35.4 Å². The van der Waals surface area contributed by atoms with Gasteiger partial charge in [0.15, 0.2) is 0 Å². The molecule has 0 spiro atoms. The molecule has 4 bridgehead atoms. The van der Waals surface area contributed by atoms with Crippen LogP contribution in [0.4, 0.5) is 0 Å². The first-order chi connectivity index (χ1) is 14.0. The van der Waals surface area contributed by atoms with E-state index in [0.717, 1.165) is 56.7 Å². The second kappa shape index (κ2) is 7.41. The van der Waals surface area contributed by atoms with E-state index in [1.807, 2.05) is 7.05 Å². The Kier molecular flexibility index (Phi) is 5.01. The molecular weight excluding hydrogens is 356 g/mol. The molecule has 1 saturated heterocycles. The quantitative estimate of drug-likeness (QED) is 0.786. The fraction of sp³-hybridized carbons (Fsp3) is 0.731. The second-order valence-electron chi connectivity index (χ2n) is 11.0. The predicted molar refractivity (Wildman–Crippen MR) is 118 cm³/mol. The van der Waals surface area contributed by atoms with Crippen LogP contribution in [0.25, 0.3) is 0 Å². The zero-order valence-corrected chi connectivity index (χ0v) is 18.4. The van der Waals surface area contributed by atoms with Gasteiger partial charge in [0.25, 0.3) is 0 Å². The summed E-state index contributed by atoms with van der Waals surface area (Å²) in [4.78, 5) is 16.2. The lowest BCUT2D eigenvalue weighted by molar-refractivity contribution is -0.161. The van der Waals surface area contributed by atoms with Gasteiger partial charge in [-0.25, -0.2) is 0 Å². The molecule has 1 heterocycles. The van der Waals surface area contributed by atoms with Crippen molar-refractivity contribution in [3.8, 4) is 0 Å². The number of carbonyl (C=O) groups excluding carboxylic acids is 1. The third kappa shape index (κ3) is 3.44. The average Bonchev–Trinajstić information content (AvgIpc) is 2.71. The summed E-state index contributed by atoms with van der Waals surface area (Å²) in [5.41, 5.74) is 3.05. The van der Waals surface area contributed by atoms with Crippen LogP contribution in [0.5, 0.6) is 0 Å².